The van der Waals surface area contributed by atoms with Crippen LogP contribution in [-0.2, 0) is 14.3 Å². The fraction of sp³-hybridized carbons (Fsp3) is 0.963. The molecule has 31 heavy (non-hydrogen) atoms. The van der Waals surface area contributed by atoms with E-state index >= 15 is 0 Å². The molecular weight excluding hydrogens is 388 g/mol. The average Bonchev–Trinajstić information content (AvgIpc) is 3.18. The Labute approximate surface area is 187 Å². The first kappa shape index (κ1) is 21.1. The molecular formula is C27H42O4. The van der Waals surface area contributed by atoms with E-state index in [1.165, 1.54) is 12.8 Å². The maximum absolute atomic E-state index is 14.0. The van der Waals surface area contributed by atoms with Gasteiger partial charge in [0, 0.05) is 30.1 Å². The molecule has 6 rings (SSSR count). The molecule has 174 valence electrons. The highest BCUT2D eigenvalue weighted by molar-refractivity contribution is 5.87. The van der Waals surface area contributed by atoms with E-state index in [1.807, 2.05) is 0 Å². The van der Waals surface area contributed by atoms with E-state index in [2.05, 4.69) is 27.7 Å². The van der Waals surface area contributed by atoms with Gasteiger partial charge in [-0.05, 0) is 80.0 Å². The first-order valence-electron chi connectivity index (χ1n) is 13.2. The molecule has 6 aliphatic rings. The number of carbonyl (C=O) groups excluding carboxylic acids is 1. The molecule has 4 nitrogen and oxygen atoms in total. The van der Waals surface area contributed by atoms with E-state index in [9.17, 15) is 9.90 Å². The molecule has 4 saturated carbocycles. The number of aliphatic hydroxyl groups excluding tert-OH is 1. The smallest absolute Gasteiger partial charge is 0.171 e. The van der Waals surface area contributed by atoms with E-state index in [0.29, 0.717) is 41.3 Å². The highest BCUT2D eigenvalue weighted by atomic mass is 16.7. The van der Waals surface area contributed by atoms with Crippen LogP contribution >= 0.6 is 0 Å². The number of ketones is 1. The zero-order chi connectivity index (χ0) is 21.8. The van der Waals surface area contributed by atoms with Gasteiger partial charge in [-0.2, -0.15) is 0 Å². The van der Waals surface area contributed by atoms with Gasteiger partial charge in [0.05, 0.1) is 18.8 Å². The molecule has 12 atom stereocenters. The number of aliphatic hydroxyl groups is 1. The third-order valence-electron chi connectivity index (χ3n) is 11.8. The fourth-order valence-electron chi connectivity index (χ4n) is 9.93. The van der Waals surface area contributed by atoms with Crippen LogP contribution in [0.4, 0.5) is 0 Å². The summed E-state index contributed by atoms with van der Waals surface area (Å²) in [6, 6.07) is 0. The Kier molecular flexibility index (Phi) is 4.62. The minimum absolute atomic E-state index is 0.131. The van der Waals surface area contributed by atoms with E-state index in [0.717, 1.165) is 51.6 Å². The van der Waals surface area contributed by atoms with E-state index in [4.69, 9.17) is 9.47 Å². The lowest BCUT2D eigenvalue weighted by atomic mass is 9.44. The van der Waals surface area contributed by atoms with Crippen molar-refractivity contribution in [2.75, 3.05) is 6.61 Å². The molecule has 4 aliphatic carbocycles. The Hall–Kier alpha value is -0.450. The largest absolute Gasteiger partial charge is 0.393 e. The van der Waals surface area contributed by atoms with Crippen molar-refractivity contribution in [1.82, 2.24) is 0 Å². The Morgan fingerprint density at radius 2 is 1.81 bits per heavy atom. The van der Waals surface area contributed by atoms with Crippen molar-refractivity contribution in [3.63, 3.8) is 0 Å². The molecule has 6 fully saturated rings. The van der Waals surface area contributed by atoms with Gasteiger partial charge in [-0.25, -0.2) is 0 Å². The number of Topliss-reactive ketones (excluding diaryl/α,β-unsaturated/α-hetero) is 1. The van der Waals surface area contributed by atoms with Gasteiger partial charge >= 0.3 is 0 Å². The van der Waals surface area contributed by atoms with E-state index in [1.54, 1.807) is 0 Å². The normalized spacial score (nSPS) is 60.9. The van der Waals surface area contributed by atoms with E-state index in [-0.39, 0.29) is 29.0 Å². The zero-order valence-electron chi connectivity index (χ0n) is 19.9. The minimum atomic E-state index is -0.448. The van der Waals surface area contributed by atoms with Crippen molar-refractivity contribution in [2.24, 2.45) is 52.3 Å². The lowest BCUT2D eigenvalue weighted by Crippen LogP contribution is -2.58. The first-order chi connectivity index (χ1) is 14.7. The lowest BCUT2D eigenvalue weighted by Gasteiger charge is -2.60. The number of carbonyl (C=O) groups is 1. The Morgan fingerprint density at radius 3 is 2.55 bits per heavy atom. The summed E-state index contributed by atoms with van der Waals surface area (Å²) < 4.78 is 13.2. The Balaban J connectivity index is 1.30. The van der Waals surface area contributed by atoms with E-state index < -0.39 is 5.79 Å². The lowest BCUT2D eigenvalue weighted by molar-refractivity contribution is -0.272. The van der Waals surface area contributed by atoms with Crippen LogP contribution in [0.2, 0.25) is 0 Å². The second kappa shape index (κ2) is 6.79. The van der Waals surface area contributed by atoms with Gasteiger partial charge in [-0.3, -0.25) is 4.79 Å². The Bertz CT molecular complexity index is 756. The second-order valence-corrected chi connectivity index (χ2v) is 13.0. The molecule has 1 spiro atoms. The summed E-state index contributed by atoms with van der Waals surface area (Å²) >= 11 is 0. The van der Waals surface area contributed by atoms with Crippen molar-refractivity contribution in [1.29, 1.82) is 0 Å². The van der Waals surface area contributed by atoms with Crippen molar-refractivity contribution >= 4 is 5.78 Å². The third kappa shape index (κ3) is 2.68. The van der Waals surface area contributed by atoms with Gasteiger partial charge < -0.3 is 14.6 Å². The molecule has 0 aromatic carbocycles. The van der Waals surface area contributed by atoms with Gasteiger partial charge in [0.25, 0.3) is 0 Å². The van der Waals surface area contributed by atoms with Gasteiger partial charge in [0.15, 0.2) is 5.79 Å². The van der Waals surface area contributed by atoms with Crippen LogP contribution in [0.25, 0.3) is 0 Å². The predicted molar refractivity (Wildman–Crippen MR) is 118 cm³/mol. The molecule has 0 amide bonds. The maximum atomic E-state index is 14.0. The van der Waals surface area contributed by atoms with Crippen LogP contribution < -0.4 is 0 Å². The van der Waals surface area contributed by atoms with Crippen LogP contribution in [0.5, 0.6) is 0 Å². The number of hydrogen-bond donors (Lipinski definition) is 1. The quantitative estimate of drug-likeness (QED) is 0.589. The van der Waals surface area contributed by atoms with Crippen LogP contribution in [0.3, 0.4) is 0 Å². The molecule has 1 N–H and O–H groups in total. The topological polar surface area (TPSA) is 55.8 Å². The number of ether oxygens (including phenoxy) is 2. The van der Waals surface area contributed by atoms with Gasteiger partial charge in [0.1, 0.15) is 5.78 Å². The second-order valence-electron chi connectivity index (χ2n) is 13.0. The van der Waals surface area contributed by atoms with Crippen LogP contribution in [-0.4, -0.2) is 35.5 Å². The standard InChI is InChI=1S/C27H42O4/c1-15-7-10-27(30-14-15)16(2)24-22(31-27)12-21-19-6-5-17-11-18(28)8-9-25(17,3)20(19)13-23(29)26(21,24)4/h15-22,24,28H,5-14H2,1-4H3/t15-,16+,17-,18+,19+,20-,21-,22+,24+,25+,26-,27-/m1/s1. The highest BCUT2D eigenvalue weighted by Crippen LogP contribution is 2.70. The van der Waals surface area contributed by atoms with Crippen molar-refractivity contribution in [3.8, 4) is 0 Å². The third-order valence-corrected chi connectivity index (χ3v) is 11.8. The van der Waals surface area contributed by atoms with Gasteiger partial charge in [-0.1, -0.05) is 27.7 Å². The summed E-state index contributed by atoms with van der Waals surface area (Å²) in [4.78, 5) is 14.0. The SMILES string of the molecule is C[C@@H]1CC[C@@]2(OC1)O[C@H]1C[C@@H]3[C@H]4CC[C@@H]5C[C@@H](O)CC[C@]5(C)[C@@H]4CC(=O)[C@]3(C)[C@H]1[C@@H]2C. The van der Waals surface area contributed by atoms with Gasteiger partial charge in [-0.15, -0.1) is 0 Å². The first-order valence-corrected chi connectivity index (χ1v) is 13.2. The number of fused-ring (bicyclic) bond motifs is 7. The molecule has 2 heterocycles. The van der Waals surface area contributed by atoms with Crippen molar-refractivity contribution < 1.29 is 19.4 Å². The zero-order valence-corrected chi connectivity index (χ0v) is 19.9. The van der Waals surface area contributed by atoms with Crippen molar-refractivity contribution in [3.05, 3.63) is 0 Å². The molecule has 0 bridgehead atoms. The summed E-state index contributed by atoms with van der Waals surface area (Å²) in [7, 11) is 0. The summed E-state index contributed by atoms with van der Waals surface area (Å²) in [5.41, 5.74) is -0.0221. The maximum Gasteiger partial charge on any atom is 0.171 e. The molecule has 2 saturated heterocycles. The summed E-state index contributed by atoms with van der Waals surface area (Å²) in [5.74, 6) is 3.45. The molecule has 4 heteroatoms. The molecule has 0 unspecified atom stereocenters. The molecule has 0 aromatic rings. The number of hydrogen-bond acceptors (Lipinski definition) is 4. The van der Waals surface area contributed by atoms with Crippen molar-refractivity contribution in [2.45, 2.75) is 103 Å². The summed E-state index contributed by atoms with van der Waals surface area (Å²) in [5, 5.41) is 10.3. The monoisotopic (exact) mass is 430 g/mol. The molecule has 0 aromatic heterocycles. The number of rotatable bonds is 0. The van der Waals surface area contributed by atoms with Crippen LogP contribution in [0, 0.1) is 52.3 Å². The Morgan fingerprint density at radius 1 is 1.00 bits per heavy atom. The predicted octanol–water partition coefficient (Wildman–Crippen LogP) is 4.97. The molecule has 2 aliphatic heterocycles. The minimum Gasteiger partial charge on any atom is -0.393 e. The van der Waals surface area contributed by atoms with Crippen LogP contribution in [0.1, 0.15) is 85.5 Å². The summed E-state index contributed by atoms with van der Waals surface area (Å²) in [6.45, 7) is 10.1. The summed E-state index contributed by atoms with van der Waals surface area (Å²) in [6.07, 6.45) is 9.39. The van der Waals surface area contributed by atoms with Gasteiger partial charge in [0.2, 0.25) is 0 Å². The van der Waals surface area contributed by atoms with Crippen LogP contribution in [0.15, 0.2) is 0 Å². The fourth-order valence-corrected chi connectivity index (χ4v) is 9.93. The molecule has 0 radical (unpaired) electrons. The average molecular weight is 431 g/mol. The highest BCUT2D eigenvalue weighted by Gasteiger charge is 2.71.